The number of nitrogens with one attached hydrogen (secondary N) is 1. The summed E-state index contributed by atoms with van der Waals surface area (Å²) in [6.45, 7) is 12.3. The summed E-state index contributed by atoms with van der Waals surface area (Å²) in [5.74, 6) is -0.434. The molecular formula is C28H41ClF2N6O4. The van der Waals surface area contributed by atoms with Crippen molar-refractivity contribution in [2.45, 2.75) is 84.2 Å². The van der Waals surface area contributed by atoms with E-state index in [0.29, 0.717) is 32.2 Å². The molecule has 1 N–H and O–H groups in total. The summed E-state index contributed by atoms with van der Waals surface area (Å²) in [6.07, 6.45) is 2.76. The van der Waals surface area contributed by atoms with Crippen LogP contribution in [0.5, 0.6) is 11.9 Å². The van der Waals surface area contributed by atoms with Crippen LogP contribution in [0.25, 0.3) is 10.9 Å². The third kappa shape index (κ3) is 7.57. The number of halogens is 3. The predicted molar refractivity (Wildman–Crippen MR) is 153 cm³/mol. The minimum Gasteiger partial charge on any atom is -0.474 e. The SMILES string of the molecule is CCC1CN(C(=O)OC(C)(C)C)CCNc2nc(OC)nc3c(F)c(Cl)nc(c23)OC1C.FC1CC2CCCN2C1. The summed E-state index contributed by atoms with van der Waals surface area (Å²) in [7, 11) is 1.38. The van der Waals surface area contributed by atoms with Gasteiger partial charge in [-0.05, 0) is 59.9 Å². The molecule has 0 aliphatic carbocycles. The van der Waals surface area contributed by atoms with Gasteiger partial charge in [0.2, 0.25) is 5.88 Å². The Balaban J connectivity index is 0.000000360. The Bertz CT molecular complexity index is 1220. The van der Waals surface area contributed by atoms with E-state index in [-0.39, 0.29) is 45.8 Å². The highest BCUT2D eigenvalue weighted by Gasteiger charge is 2.35. The average molecular weight is 599 g/mol. The first-order valence-corrected chi connectivity index (χ1v) is 14.6. The van der Waals surface area contributed by atoms with Crippen molar-refractivity contribution >= 4 is 34.4 Å². The smallest absolute Gasteiger partial charge is 0.410 e. The molecule has 2 saturated heterocycles. The Morgan fingerprint density at radius 1 is 1.22 bits per heavy atom. The minimum absolute atomic E-state index is 0.0366. The van der Waals surface area contributed by atoms with Crippen molar-refractivity contribution in [3.05, 3.63) is 11.0 Å². The number of fused-ring (bicyclic) bond motifs is 1. The fourth-order valence-electron chi connectivity index (χ4n) is 5.48. The Labute approximate surface area is 245 Å². The second-order valence-electron chi connectivity index (χ2n) is 11.8. The standard InChI is InChI=1S/C21H29ClFN5O4.C7H12FN/c1-7-12-10-28(20(29)32-21(3,4)5)9-8-24-17-13-15(25-19(27-17)30-6)14(23)16(22)26-18(13)31-11(12)2;8-6-4-7-2-1-3-9(7)5-6/h11-12H,7-10H2,1-6H3,(H,24,25,27);6-7H,1-5H2. The summed E-state index contributed by atoms with van der Waals surface area (Å²) in [5, 5.41) is 3.04. The van der Waals surface area contributed by atoms with E-state index < -0.39 is 23.7 Å². The molecule has 10 nitrogen and oxygen atoms in total. The number of methoxy groups -OCH3 is 1. The summed E-state index contributed by atoms with van der Waals surface area (Å²) in [4.78, 5) is 29.3. The number of pyridine rings is 1. The Kier molecular flexibility index (Phi) is 9.94. The highest BCUT2D eigenvalue weighted by molar-refractivity contribution is 6.30. The zero-order valence-corrected chi connectivity index (χ0v) is 25.4. The molecule has 13 heteroatoms. The predicted octanol–water partition coefficient (Wildman–Crippen LogP) is 5.47. The van der Waals surface area contributed by atoms with Crippen molar-refractivity contribution in [3.8, 4) is 11.9 Å². The maximum absolute atomic E-state index is 14.8. The van der Waals surface area contributed by atoms with E-state index in [1.165, 1.54) is 20.0 Å². The van der Waals surface area contributed by atoms with Crippen molar-refractivity contribution in [1.29, 1.82) is 0 Å². The number of hydrogen-bond donors (Lipinski definition) is 1. The molecule has 2 aromatic rings. The molecule has 2 fully saturated rings. The molecule has 0 aromatic carbocycles. The quantitative estimate of drug-likeness (QED) is 0.451. The van der Waals surface area contributed by atoms with Crippen LogP contribution in [-0.2, 0) is 4.74 Å². The molecule has 0 radical (unpaired) electrons. The van der Waals surface area contributed by atoms with Crippen LogP contribution in [-0.4, -0.2) is 94.6 Å². The van der Waals surface area contributed by atoms with E-state index in [0.717, 1.165) is 19.4 Å². The highest BCUT2D eigenvalue weighted by Crippen LogP contribution is 2.36. The summed E-state index contributed by atoms with van der Waals surface area (Å²) < 4.78 is 44.3. The van der Waals surface area contributed by atoms with Crippen LogP contribution in [0.2, 0.25) is 5.15 Å². The number of ether oxygens (including phenoxy) is 3. The molecule has 4 atom stereocenters. The molecule has 3 aliphatic heterocycles. The van der Waals surface area contributed by atoms with E-state index in [2.05, 4.69) is 25.2 Å². The van der Waals surface area contributed by atoms with E-state index in [1.807, 2.05) is 34.6 Å². The number of amides is 1. The first-order valence-electron chi connectivity index (χ1n) is 14.3. The normalized spacial score (nSPS) is 24.9. The fourth-order valence-corrected chi connectivity index (χ4v) is 5.65. The lowest BCUT2D eigenvalue weighted by atomic mass is 10.00. The van der Waals surface area contributed by atoms with Crippen LogP contribution in [0.3, 0.4) is 0 Å². The number of nitrogens with zero attached hydrogens (tertiary/aromatic N) is 5. The van der Waals surface area contributed by atoms with Crippen LogP contribution in [0.15, 0.2) is 0 Å². The van der Waals surface area contributed by atoms with Gasteiger partial charge in [0.15, 0.2) is 11.0 Å². The lowest BCUT2D eigenvalue weighted by Gasteiger charge is -2.32. The molecule has 0 bridgehead atoms. The van der Waals surface area contributed by atoms with Gasteiger partial charge >= 0.3 is 12.1 Å². The van der Waals surface area contributed by atoms with Crippen LogP contribution in [0, 0.1) is 11.7 Å². The number of aromatic nitrogens is 3. The number of alkyl halides is 1. The molecule has 41 heavy (non-hydrogen) atoms. The van der Waals surface area contributed by atoms with Gasteiger partial charge in [-0.15, -0.1) is 0 Å². The minimum atomic E-state index is -0.789. The Hall–Kier alpha value is -2.73. The van der Waals surface area contributed by atoms with Gasteiger partial charge in [0, 0.05) is 38.1 Å². The van der Waals surface area contributed by atoms with Crippen LogP contribution in [0.1, 0.15) is 60.3 Å². The Morgan fingerprint density at radius 3 is 2.63 bits per heavy atom. The number of hydrogen-bond acceptors (Lipinski definition) is 9. The van der Waals surface area contributed by atoms with E-state index in [9.17, 15) is 13.6 Å². The molecule has 5 heterocycles. The van der Waals surface area contributed by atoms with E-state index in [4.69, 9.17) is 25.8 Å². The van der Waals surface area contributed by atoms with Gasteiger partial charge in [0.05, 0.1) is 7.11 Å². The second kappa shape index (κ2) is 13.1. The maximum atomic E-state index is 14.8. The van der Waals surface area contributed by atoms with Crippen molar-refractivity contribution < 1.29 is 27.8 Å². The second-order valence-corrected chi connectivity index (χ2v) is 12.1. The largest absolute Gasteiger partial charge is 0.474 e. The van der Waals surface area contributed by atoms with Gasteiger partial charge < -0.3 is 24.4 Å². The fraction of sp³-hybridized carbons (Fsp3) is 0.714. The van der Waals surface area contributed by atoms with Crippen molar-refractivity contribution in [2.24, 2.45) is 5.92 Å². The number of carbonyl (C=O) groups is 1. The summed E-state index contributed by atoms with van der Waals surface area (Å²) in [6, 6.07) is 0.575. The molecule has 2 aromatic heterocycles. The first-order chi connectivity index (χ1) is 19.4. The molecule has 5 rings (SSSR count). The number of carbonyl (C=O) groups excluding carboxylic acids is 1. The third-order valence-corrected chi connectivity index (χ3v) is 7.85. The van der Waals surface area contributed by atoms with E-state index >= 15 is 0 Å². The van der Waals surface area contributed by atoms with Gasteiger partial charge in [-0.3, -0.25) is 4.90 Å². The molecular weight excluding hydrogens is 558 g/mol. The van der Waals surface area contributed by atoms with Crippen molar-refractivity contribution in [3.63, 3.8) is 0 Å². The lowest BCUT2D eigenvalue weighted by molar-refractivity contribution is 0.0176. The molecule has 0 saturated carbocycles. The summed E-state index contributed by atoms with van der Waals surface area (Å²) >= 11 is 6.03. The molecule has 3 aliphatic rings. The highest BCUT2D eigenvalue weighted by atomic mass is 35.5. The lowest BCUT2D eigenvalue weighted by Crippen LogP contribution is -2.44. The zero-order chi connectivity index (χ0) is 29.9. The molecule has 4 unspecified atom stereocenters. The van der Waals surface area contributed by atoms with Crippen molar-refractivity contribution in [1.82, 2.24) is 24.8 Å². The third-order valence-electron chi connectivity index (χ3n) is 7.60. The van der Waals surface area contributed by atoms with E-state index in [1.54, 1.807) is 4.90 Å². The zero-order valence-electron chi connectivity index (χ0n) is 24.7. The maximum Gasteiger partial charge on any atom is 0.410 e. The van der Waals surface area contributed by atoms with Gasteiger partial charge in [-0.1, -0.05) is 18.5 Å². The summed E-state index contributed by atoms with van der Waals surface area (Å²) in [5.41, 5.74) is -0.681. The number of anilines is 1. The van der Waals surface area contributed by atoms with Crippen LogP contribution >= 0.6 is 11.6 Å². The first kappa shape index (κ1) is 31.2. The number of rotatable bonds is 2. The van der Waals surface area contributed by atoms with Crippen molar-refractivity contribution in [2.75, 3.05) is 45.2 Å². The van der Waals surface area contributed by atoms with Gasteiger partial charge in [-0.2, -0.15) is 15.0 Å². The van der Waals surface area contributed by atoms with Crippen LogP contribution in [0.4, 0.5) is 19.4 Å². The monoisotopic (exact) mass is 598 g/mol. The van der Waals surface area contributed by atoms with Gasteiger partial charge in [-0.25, -0.2) is 13.6 Å². The molecule has 1 amide bonds. The molecule has 228 valence electrons. The average Bonchev–Trinajstić information content (AvgIpc) is 3.47. The van der Waals surface area contributed by atoms with Gasteiger partial charge in [0.25, 0.3) is 0 Å². The molecule has 0 spiro atoms. The topological polar surface area (TPSA) is 102 Å². The Morgan fingerprint density at radius 2 is 1.98 bits per heavy atom. The van der Waals surface area contributed by atoms with Crippen LogP contribution < -0.4 is 14.8 Å². The van der Waals surface area contributed by atoms with Gasteiger partial charge in [0.1, 0.15) is 34.6 Å².